The van der Waals surface area contributed by atoms with E-state index in [9.17, 15) is 0 Å². The maximum atomic E-state index is 4.65. The largest absolute Gasteiger partial charge is 0.246 e. The van der Waals surface area contributed by atoms with Gasteiger partial charge in [-0.05, 0) is 12.3 Å². The standard InChI is InChI=1S/C11H19NS/c1-5-6-9(4)10-7-13-11(12-10)8(2)3/h7-9H,5-6H2,1-4H3/t9-/m1/s1. The van der Waals surface area contributed by atoms with Gasteiger partial charge in [0.15, 0.2) is 0 Å². The molecule has 0 aliphatic carbocycles. The van der Waals surface area contributed by atoms with E-state index in [4.69, 9.17) is 0 Å². The van der Waals surface area contributed by atoms with Crippen molar-refractivity contribution in [3.8, 4) is 0 Å². The Morgan fingerprint density at radius 3 is 2.54 bits per heavy atom. The first kappa shape index (κ1) is 10.7. The molecule has 0 unspecified atom stereocenters. The van der Waals surface area contributed by atoms with E-state index in [0.29, 0.717) is 11.8 Å². The summed E-state index contributed by atoms with van der Waals surface area (Å²) in [5, 5.41) is 3.49. The predicted octanol–water partition coefficient (Wildman–Crippen LogP) is 4.17. The predicted molar refractivity (Wildman–Crippen MR) is 59.5 cm³/mol. The average molecular weight is 197 g/mol. The van der Waals surface area contributed by atoms with Crippen LogP contribution in [0.4, 0.5) is 0 Å². The zero-order valence-corrected chi connectivity index (χ0v) is 9.82. The summed E-state index contributed by atoms with van der Waals surface area (Å²) < 4.78 is 0. The van der Waals surface area contributed by atoms with Crippen LogP contribution in [-0.2, 0) is 0 Å². The molecule has 0 aromatic carbocycles. The molecule has 1 aromatic rings. The van der Waals surface area contributed by atoms with Crippen LogP contribution < -0.4 is 0 Å². The maximum absolute atomic E-state index is 4.65. The summed E-state index contributed by atoms with van der Waals surface area (Å²) in [6, 6.07) is 0. The monoisotopic (exact) mass is 197 g/mol. The second-order valence-electron chi connectivity index (χ2n) is 3.96. The van der Waals surface area contributed by atoms with Crippen molar-refractivity contribution in [1.29, 1.82) is 0 Å². The molecule has 74 valence electrons. The molecule has 0 amide bonds. The van der Waals surface area contributed by atoms with Gasteiger partial charge in [-0.15, -0.1) is 11.3 Å². The highest BCUT2D eigenvalue weighted by Crippen LogP contribution is 2.25. The van der Waals surface area contributed by atoms with Crippen molar-refractivity contribution >= 4 is 11.3 Å². The normalized spacial score (nSPS) is 13.6. The van der Waals surface area contributed by atoms with Crippen LogP contribution in [0.15, 0.2) is 5.38 Å². The molecule has 0 bridgehead atoms. The van der Waals surface area contributed by atoms with E-state index < -0.39 is 0 Å². The number of nitrogens with zero attached hydrogens (tertiary/aromatic N) is 1. The van der Waals surface area contributed by atoms with E-state index >= 15 is 0 Å². The van der Waals surface area contributed by atoms with E-state index in [1.807, 2.05) is 0 Å². The van der Waals surface area contributed by atoms with Crippen LogP contribution in [0.3, 0.4) is 0 Å². The van der Waals surface area contributed by atoms with Crippen LogP contribution in [0.1, 0.15) is 63.1 Å². The molecule has 1 nitrogen and oxygen atoms in total. The first-order valence-corrected chi connectivity index (χ1v) is 5.98. The van der Waals surface area contributed by atoms with E-state index in [2.05, 4.69) is 38.1 Å². The maximum Gasteiger partial charge on any atom is 0.0953 e. The highest BCUT2D eigenvalue weighted by molar-refractivity contribution is 7.09. The summed E-state index contributed by atoms with van der Waals surface area (Å²) in [5.41, 5.74) is 1.29. The molecule has 1 atom stereocenters. The quantitative estimate of drug-likeness (QED) is 0.706. The second-order valence-corrected chi connectivity index (χ2v) is 4.84. The van der Waals surface area contributed by atoms with Crippen molar-refractivity contribution in [2.75, 3.05) is 0 Å². The van der Waals surface area contributed by atoms with E-state index in [0.717, 1.165) is 0 Å². The molecule has 0 spiro atoms. The number of hydrogen-bond donors (Lipinski definition) is 0. The minimum absolute atomic E-state index is 0.576. The average Bonchev–Trinajstić information content (AvgIpc) is 2.52. The fraction of sp³-hybridized carbons (Fsp3) is 0.727. The smallest absolute Gasteiger partial charge is 0.0953 e. The molecule has 0 N–H and O–H groups in total. The van der Waals surface area contributed by atoms with Crippen LogP contribution in [0, 0.1) is 0 Å². The molecule has 13 heavy (non-hydrogen) atoms. The third kappa shape index (κ3) is 2.80. The van der Waals surface area contributed by atoms with Crippen LogP contribution in [0.2, 0.25) is 0 Å². The van der Waals surface area contributed by atoms with E-state index in [1.165, 1.54) is 23.5 Å². The topological polar surface area (TPSA) is 12.9 Å². The number of thiazole rings is 1. The van der Waals surface area contributed by atoms with Crippen molar-refractivity contribution in [3.63, 3.8) is 0 Å². The number of aromatic nitrogens is 1. The Morgan fingerprint density at radius 2 is 2.08 bits per heavy atom. The Labute approximate surface area is 85.2 Å². The second kappa shape index (κ2) is 4.75. The fourth-order valence-electron chi connectivity index (χ4n) is 1.37. The SMILES string of the molecule is CCC[C@@H](C)c1csc(C(C)C)n1. The Kier molecular flexibility index (Phi) is 3.91. The lowest BCUT2D eigenvalue weighted by Gasteiger charge is -2.05. The summed E-state index contributed by atoms with van der Waals surface area (Å²) >= 11 is 1.80. The van der Waals surface area contributed by atoms with Crippen molar-refractivity contribution < 1.29 is 0 Å². The van der Waals surface area contributed by atoms with E-state index in [1.54, 1.807) is 11.3 Å². The van der Waals surface area contributed by atoms with Crippen LogP contribution in [-0.4, -0.2) is 4.98 Å². The lowest BCUT2D eigenvalue weighted by atomic mass is 10.0. The molecule has 0 radical (unpaired) electrons. The molecule has 0 saturated heterocycles. The van der Waals surface area contributed by atoms with Gasteiger partial charge in [0, 0.05) is 11.3 Å². The number of hydrogen-bond acceptors (Lipinski definition) is 2. The van der Waals surface area contributed by atoms with Crippen LogP contribution in [0.25, 0.3) is 0 Å². The molecule has 0 fully saturated rings. The summed E-state index contributed by atoms with van der Waals surface area (Å²) in [4.78, 5) is 4.65. The van der Waals surface area contributed by atoms with Crippen molar-refractivity contribution in [2.45, 2.75) is 52.4 Å². The van der Waals surface area contributed by atoms with Crippen LogP contribution >= 0.6 is 11.3 Å². The van der Waals surface area contributed by atoms with Gasteiger partial charge in [0.1, 0.15) is 0 Å². The minimum atomic E-state index is 0.576. The zero-order valence-electron chi connectivity index (χ0n) is 9.00. The summed E-state index contributed by atoms with van der Waals surface area (Å²) in [5.74, 6) is 1.21. The van der Waals surface area contributed by atoms with Gasteiger partial charge in [0.2, 0.25) is 0 Å². The van der Waals surface area contributed by atoms with Crippen LogP contribution in [0.5, 0.6) is 0 Å². The summed E-state index contributed by atoms with van der Waals surface area (Å²) in [7, 11) is 0. The van der Waals surface area contributed by atoms with Gasteiger partial charge in [-0.1, -0.05) is 34.1 Å². The summed E-state index contributed by atoms with van der Waals surface area (Å²) in [6.07, 6.45) is 2.50. The Hall–Kier alpha value is -0.370. The fourth-order valence-corrected chi connectivity index (χ4v) is 2.33. The highest BCUT2D eigenvalue weighted by atomic mass is 32.1. The van der Waals surface area contributed by atoms with Gasteiger partial charge < -0.3 is 0 Å². The third-order valence-electron chi connectivity index (χ3n) is 2.26. The molecule has 1 aromatic heterocycles. The van der Waals surface area contributed by atoms with Gasteiger partial charge >= 0.3 is 0 Å². The molecule has 2 heteroatoms. The molecular weight excluding hydrogens is 178 g/mol. The minimum Gasteiger partial charge on any atom is -0.246 e. The lowest BCUT2D eigenvalue weighted by molar-refractivity contribution is 0.646. The van der Waals surface area contributed by atoms with Gasteiger partial charge in [0.05, 0.1) is 10.7 Å². The van der Waals surface area contributed by atoms with Gasteiger partial charge in [-0.3, -0.25) is 0 Å². The zero-order chi connectivity index (χ0) is 9.84. The van der Waals surface area contributed by atoms with Crippen molar-refractivity contribution in [3.05, 3.63) is 16.1 Å². The first-order valence-electron chi connectivity index (χ1n) is 5.10. The van der Waals surface area contributed by atoms with E-state index in [-0.39, 0.29) is 0 Å². The summed E-state index contributed by atoms with van der Waals surface area (Å²) in [6.45, 7) is 8.90. The van der Waals surface area contributed by atoms with Gasteiger partial charge in [-0.2, -0.15) is 0 Å². The molecule has 1 rings (SSSR count). The molecule has 1 heterocycles. The molecule has 0 aliphatic rings. The Balaban J connectivity index is 2.67. The molecule has 0 saturated carbocycles. The van der Waals surface area contributed by atoms with Crippen molar-refractivity contribution in [2.24, 2.45) is 0 Å². The highest BCUT2D eigenvalue weighted by Gasteiger charge is 2.10. The molecule has 0 aliphatic heterocycles. The van der Waals surface area contributed by atoms with Gasteiger partial charge in [-0.25, -0.2) is 4.98 Å². The van der Waals surface area contributed by atoms with Crippen molar-refractivity contribution in [1.82, 2.24) is 4.98 Å². The Bertz CT molecular complexity index is 252. The molecular formula is C11H19NS. The third-order valence-corrected chi connectivity index (χ3v) is 3.42. The number of rotatable bonds is 4. The van der Waals surface area contributed by atoms with Gasteiger partial charge in [0.25, 0.3) is 0 Å². The lowest BCUT2D eigenvalue weighted by Crippen LogP contribution is -1.94. The first-order chi connectivity index (χ1) is 6.15. The Morgan fingerprint density at radius 1 is 1.38 bits per heavy atom.